The van der Waals surface area contributed by atoms with Crippen molar-refractivity contribution in [2.24, 2.45) is 0 Å². The van der Waals surface area contributed by atoms with Crippen molar-refractivity contribution in [1.82, 2.24) is 9.88 Å². The Bertz CT molecular complexity index is 616. The number of aromatic nitrogens is 1. The number of hydrogen-bond acceptors (Lipinski definition) is 4. The molecule has 4 heteroatoms. The zero-order valence-corrected chi connectivity index (χ0v) is 11.6. The topological polar surface area (TPSA) is 65.9 Å². The number of nitrogens with two attached hydrogens (primary N) is 1. The molecule has 4 nitrogen and oxygen atoms in total. The lowest BCUT2D eigenvalue weighted by Gasteiger charge is -2.21. The molecule has 0 spiro atoms. The monoisotopic (exact) mass is 266 g/mol. The highest BCUT2D eigenvalue weighted by Crippen LogP contribution is 2.13. The summed E-state index contributed by atoms with van der Waals surface area (Å²) in [7, 11) is 0. The normalized spacial score (nSPS) is 10.4. The Kier molecular flexibility index (Phi) is 4.70. The van der Waals surface area contributed by atoms with E-state index in [0.29, 0.717) is 12.2 Å². The fourth-order valence-electron chi connectivity index (χ4n) is 2.14. The fourth-order valence-corrected chi connectivity index (χ4v) is 2.14. The van der Waals surface area contributed by atoms with Crippen LogP contribution in [0.5, 0.6) is 0 Å². The molecule has 0 aliphatic rings. The van der Waals surface area contributed by atoms with Gasteiger partial charge < -0.3 is 5.73 Å². The largest absolute Gasteiger partial charge is 0.399 e. The van der Waals surface area contributed by atoms with Crippen molar-refractivity contribution < 1.29 is 0 Å². The number of benzene rings is 1. The number of hydrogen-bond donors (Lipinski definition) is 1. The summed E-state index contributed by atoms with van der Waals surface area (Å²) in [5.74, 6) is 0. The van der Waals surface area contributed by atoms with Crippen molar-refractivity contribution in [2.45, 2.75) is 20.0 Å². The number of nitriles is 1. The van der Waals surface area contributed by atoms with Crippen molar-refractivity contribution in [3.63, 3.8) is 0 Å². The first-order valence-electron chi connectivity index (χ1n) is 6.63. The summed E-state index contributed by atoms with van der Waals surface area (Å²) < 4.78 is 0. The molecule has 1 heterocycles. The minimum atomic E-state index is 0.499. The SMILES string of the molecule is CCN(Cc1cccc(N)c1)Cc1cccnc1C#N. The second-order valence-electron chi connectivity index (χ2n) is 4.67. The van der Waals surface area contributed by atoms with E-state index < -0.39 is 0 Å². The Labute approximate surface area is 119 Å². The lowest BCUT2D eigenvalue weighted by atomic mass is 10.1. The quantitative estimate of drug-likeness (QED) is 0.845. The Balaban J connectivity index is 2.11. The van der Waals surface area contributed by atoms with E-state index in [4.69, 9.17) is 11.0 Å². The maximum Gasteiger partial charge on any atom is 0.144 e. The molecule has 0 unspecified atom stereocenters. The second-order valence-corrected chi connectivity index (χ2v) is 4.67. The molecular weight excluding hydrogens is 248 g/mol. The molecule has 0 atom stereocenters. The van der Waals surface area contributed by atoms with Gasteiger partial charge in [0.1, 0.15) is 11.8 Å². The van der Waals surface area contributed by atoms with Gasteiger partial charge in [0.2, 0.25) is 0 Å². The average molecular weight is 266 g/mol. The van der Waals surface area contributed by atoms with Gasteiger partial charge in [0.25, 0.3) is 0 Å². The van der Waals surface area contributed by atoms with E-state index in [2.05, 4.69) is 28.9 Å². The van der Waals surface area contributed by atoms with Crippen LogP contribution >= 0.6 is 0 Å². The van der Waals surface area contributed by atoms with Crippen LogP contribution in [-0.2, 0) is 13.1 Å². The molecule has 102 valence electrons. The lowest BCUT2D eigenvalue weighted by molar-refractivity contribution is 0.271. The van der Waals surface area contributed by atoms with E-state index in [1.807, 2.05) is 30.3 Å². The third-order valence-electron chi connectivity index (χ3n) is 3.20. The molecule has 2 aromatic rings. The zero-order chi connectivity index (χ0) is 14.4. The maximum absolute atomic E-state index is 9.08. The Morgan fingerprint density at radius 1 is 1.25 bits per heavy atom. The van der Waals surface area contributed by atoms with Crippen LogP contribution in [0.4, 0.5) is 5.69 Å². The summed E-state index contributed by atoms with van der Waals surface area (Å²) in [6.45, 7) is 4.52. The average Bonchev–Trinajstić information content (AvgIpc) is 2.47. The van der Waals surface area contributed by atoms with Gasteiger partial charge in [-0.25, -0.2) is 4.98 Å². The Morgan fingerprint density at radius 3 is 2.80 bits per heavy atom. The summed E-state index contributed by atoms with van der Waals surface area (Å²) in [6, 6.07) is 13.8. The first-order chi connectivity index (χ1) is 9.72. The van der Waals surface area contributed by atoms with Crippen molar-refractivity contribution in [2.75, 3.05) is 12.3 Å². The predicted octanol–water partition coefficient (Wildman–Crippen LogP) is 2.56. The predicted molar refractivity (Wildman–Crippen MR) is 79.6 cm³/mol. The standard InChI is InChI=1S/C16H18N4/c1-2-20(11-13-5-3-7-15(18)9-13)12-14-6-4-8-19-16(14)10-17/h3-9H,2,11-12,18H2,1H3. The van der Waals surface area contributed by atoms with Gasteiger partial charge in [-0.05, 0) is 30.3 Å². The van der Waals surface area contributed by atoms with Gasteiger partial charge in [0, 0.05) is 30.5 Å². The van der Waals surface area contributed by atoms with Gasteiger partial charge in [-0.1, -0.05) is 25.1 Å². The molecule has 0 fully saturated rings. The van der Waals surface area contributed by atoms with Gasteiger partial charge in [0.15, 0.2) is 0 Å². The number of pyridine rings is 1. The zero-order valence-electron chi connectivity index (χ0n) is 11.6. The second kappa shape index (κ2) is 6.69. The molecule has 20 heavy (non-hydrogen) atoms. The molecule has 2 N–H and O–H groups in total. The third-order valence-corrected chi connectivity index (χ3v) is 3.20. The molecular formula is C16H18N4. The first-order valence-corrected chi connectivity index (χ1v) is 6.63. The summed E-state index contributed by atoms with van der Waals surface area (Å²) in [6.07, 6.45) is 1.65. The molecule has 1 aromatic heterocycles. The molecule has 0 aliphatic carbocycles. The summed E-state index contributed by atoms with van der Waals surface area (Å²) in [5.41, 5.74) is 9.21. The minimum Gasteiger partial charge on any atom is -0.399 e. The van der Waals surface area contributed by atoms with Gasteiger partial charge in [-0.2, -0.15) is 5.26 Å². The first kappa shape index (κ1) is 14.0. The summed E-state index contributed by atoms with van der Waals surface area (Å²) in [4.78, 5) is 6.35. The van der Waals surface area contributed by atoms with E-state index >= 15 is 0 Å². The molecule has 0 amide bonds. The van der Waals surface area contributed by atoms with Crippen LogP contribution in [0.3, 0.4) is 0 Å². The molecule has 0 saturated carbocycles. The number of nitrogen functional groups attached to an aromatic ring is 1. The van der Waals surface area contributed by atoms with Crippen LogP contribution < -0.4 is 5.73 Å². The summed E-state index contributed by atoms with van der Waals surface area (Å²) >= 11 is 0. The van der Waals surface area contributed by atoms with E-state index in [9.17, 15) is 0 Å². The van der Waals surface area contributed by atoms with E-state index in [0.717, 1.165) is 24.3 Å². The highest BCUT2D eigenvalue weighted by molar-refractivity contribution is 5.40. The van der Waals surface area contributed by atoms with Gasteiger partial charge >= 0.3 is 0 Å². The number of nitrogens with zero attached hydrogens (tertiary/aromatic N) is 3. The molecule has 1 aromatic carbocycles. The molecule has 2 rings (SSSR count). The maximum atomic E-state index is 9.08. The van der Waals surface area contributed by atoms with Gasteiger partial charge in [-0.3, -0.25) is 4.90 Å². The highest BCUT2D eigenvalue weighted by Gasteiger charge is 2.09. The minimum absolute atomic E-state index is 0.499. The van der Waals surface area contributed by atoms with Crippen molar-refractivity contribution >= 4 is 5.69 Å². The Morgan fingerprint density at radius 2 is 2.10 bits per heavy atom. The lowest BCUT2D eigenvalue weighted by Crippen LogP contribution is -2.23. The number of anilines is 1. The third kappa shape index (κ3) is 3.56. The number of rotatable bonds is 5. The van der Waals surface area contributed by atoms with Gasteiger partial charge in [-0.15, -0.1) is 0 Å². The van der Waals surface area contributed by atoms with Gasteiger partial charge in [0.05, 0.1) is 0 Å². The van der Waals surface area contributed by atoms with Crippen LogP contribution in [0.15, 0.2) is 42.6 Å². The van der Waals surface area contributed by atoms with E-state index in [-0.39, 0.29) is 0 Å². The smallest absolute Gasteiger partial charge is 0.144 e. The highest BCUT2D eigenvalue weighted by atomic mass is 15.1. The van der Waals surface area contributed by atoms with Crippen LogP contribution in [0.1, 0.15) is 23.7 Å². The van der Waals surface area contributed by atoms with Crippen LogP contribution in [0.25, 0.3) is 0 Å². The van der Waals surface area contributed by atoms with Crippen molar-refractivity contribution in [3.05, 3.63) is 59.4 Å². The van der Waals surface area contributed by atoms with E-state index in [1.54, 1.807) is 6.20 Å². The van der Waals surface area contributed by atoms with E-state index in [1.165, 1.54) is 5.56 Å². The molecule has 0 bridgehead atoms. The molecule has 0 saturated heterocycles. The van der Waals surface area contributed by atoms with Crippen LogP contribution in [0, 0.1) is 11.3 Å². The Hall–Kier alpha value is -2.38. The molecule has 0 aliphatic heterocycles. The van der Waals surface area contributed by atoms with Crippen molar-refractivity contribution in [1.29, 1.82) is 5.26 Å². The summed E-state index contributed by atoms with van der Waals surface area (Å²) in [5, 5.41) is 9.08. The molecule has 0 radical (unpaired) electrons. The van der Waals surface area contributed by atoms with Crippen molar-refractivity contribution in [3.8, 4) is 6.07 Å². The van der Waals surface area contributed by atoms with Crippen LogP contribution in [-0.4, -0.2) is 16.4 Å². The fraction of sp³-hybridized carbons (Fsp3) is 0.250. The van der Waals surface area contributed by atoms with Crippen LogP contribution in [0.2, 0.25) is 0 Å².